The summed E-state index contributed by atoms with van der Waals surface area (Å²) in [4.78, 5) is 2.51. The van der Waals surface area contributed by atoms with Crippen LogP contribution in [0.2, 0.25) is 0 Å². The molecule has 2 rings (SSSR count). The number of rotatable bonds is 7. The average molecular weight is 246 g/mol. The molecule has 1 saturated heterocycles. The van der Waals surface area contributed by atoms with Crippen LogP contribution in [0.25, 0.3) is 0 Å². The Morgan fingerprint density at radius 3 is 2.78 bits per heavy atom. The van der Waals surface area contributed by atoms with E-state index in [0.29, 0.717) is 0 Å². The first kappa shape index (κ1) is 13.6. The van der Waals surface area contributed by atoms with Gasteiger partial charge in [-0.25, -0.2) is 0 Å². The number of nitrogens with one attached hydrogen (secondary N) is 1. The van der Waals surface area contributed by atoms with E-state index >= 15 is 0 Å². The van der Waals surface area contributed by atoms with Crippen LogP contribution in [0.5, 0.6) is 0 Å². The summed E-state index contributed by atoms with van der Waals surface area (Å²) in [7, 11) is 2.26. The number of likely N-dealkylation sites (tertiary alicyclic amines) is 1. The molecule has 0 bridgehead atoms. The first-order valence-electron chi connectivity index (χ1n) is 7.31. The van der Waals surface area contributed by atoms with E-state index in [9.17, 15) is 0 Å². The smallest absolute Gasteiger partial charge is 0.0105 e. The topological polar surface area (TPSA) is 15.3 Å². The Hall–Kier alpha value is -0.860. The molecule has 0 spiro atoms. The fourth-order valence-electron chi connectivity index (χ4n) is 2.80. The Kier molecular flexibility index (Phi) is 5.69. The minimum Gasteiger partial charge on any atom is -0.317 e. The third-order valence-corrected chi connectivity index (χ3v) is 3.99. The van der Waals surface area contributed by atoms with E-state index in [2.05, 4.69) is 47.6 Å². The van der Waals surface area contributed by atoms with Gasteiger partial charge in [-0.05, 0) is 64.3 Å². The molecule has 0 radical (unpaired) electrons. The lowest BCUT2D eigenvalue weighted by molar-refractivity contribution is 0.293. The maximum Gasteiger partial charge on any atom is 0.0105 e. The zero-order chi connectivity index (χ0) is 12.6. The predicted octanol–water partition coefficient (Wildman–Crippen LogP) is 2.69. The molecule has 1 aliphatic rings. The lowest BCUT2D eigenvalue weighted by Crippen LogP contribution is -2.29. The second-order valence-electron chi connectivity index (χ2n) is 5.40. The van der Waals surface area contributed by atoms with Crippen molar-refractivity contribution in [3.63, 3.8) is 0 Å². The monoisotopic (exact) mass is 246 g/mol. The molecule has 1 aromatic rings. The van der Waals surface area contributed by atoms with E-state index in [1.165, 1.54) is 50.8 Å². The normalized spacial score (nSPS) is 20.4. The molecule has 1 heterocycles. The van der Waals surface area contributed by atoms with Crippen molar-refractivity contribution in [1.29, 1.82) is 0 Å². The van der Waals surface area contributed by atoms with Crippen LogP contribution in [0, 0.1) is 0 Å². The second kappa shape index (κ2) is 7.55. The Morgan fingerprint density at radius 2 is 2.06 bits per heavy atom. The summed E-state index contributed by atoms with van der Waals surface area (Å²) in [5, 5.41) is 3.58. The van der Waals surface area contributed by atoms with Gasteiger partial charge in [0.05, 0.1) is 0 Å². The molecule has 2 nitrogen and oxygen atoms in total. The summed E-state index contributed by atoms with van der Waals surface area (Å²) in [6.45, 7) is 3.60. The maximum absolute atomic E-state index is 3.58. The van der Waals surface area contributed by atoms with Gasteiger partial charge in [-0.2, -0.15) is 0 Å². The third-order valence-electron chi connectivity index (χ3n) is 3.99. The highest BCUT2D eigenvalue weighted by Crippen LogP contribution is 2.16. The van der Waals surface area contributed by atoms with Gasteiger partial charge in [-0.15, -0.1) is 0 Å². The molecule has 1 atom stereocenters. The first-order valence-corrected chi connectivity index (χ1v) is 7.31. The minimum absolute atomic E-state index is 0.826. The van der Waals surface area contributed by atoms with Crippen molar-refractivity contribution in [2.75, 3.05) is 26.7 Å². The lowest BCUT2D eigenvalue weighted by Gasteiger charge is -2.19. The van der Waals surface area contributed by atoms with Gasteiger partial charge in [0.1, 0.15) is 0 Å². The average Bonchev–Trinajstić information content (AvgIpc) is 2.81. The number of hydrogen-bond acceptors (Lipinski definition) is 2. The summed E-state index contributed by atoms with van der Waals surface area (Å²) < 4.78 is 0. The fourth-order valence-corrected chi connectivity index (χ4v) is 2.80. The standard InChI is InChI=1S/C16H26N2/c1-18-14-6-10-16(18)11-13-17-12-5-9-15-7-3-2-4-8-15/h2-4,7-8,16-17H,5-6,9-14H2,1H3. The van der Waals surface area contributed by atoms with Crippen LogP contribution < -0.4 is 5.32 Å². The van der Waals surface area contributed by atoms with Crippen molar-refractivity contribution in [2.45, 2.75) is 38.1 Å². The zero-order valence-electron chi connectivity index (χ0n) is 11.6. The van der Waals surface area contributed by atoms with Crippen molar-refractivity contribution in [2.24, 2.45) is 0 Å². The van der Waals surface area contributed by atoms with Crippen molar-refractivity contribution in [1.82, 2.24) is 10.2 Å². The number of nitrogens with zero attached hydrogens (tertiary/aromatic N) is 1. The number of hydrogen-bond donors (Lipinski definition) is 1. The van der Waals surface area contributed by atoms with Crippen LogP contribution in [-0.2, 0) is 6.42 Å². The largest absolute Gasteiger partial charge is 0.317 e. The van der Waals surface area contributed by atoms with Crippen LogP contribution in [-0.4, -0.2) is 37.6 Å². The van der Waals surface area contributed by atoms with Gasteiger partial charge >= 0.3 is 0 Å². The Labute approximate surface area is 111 Å². The van der Waals surface area contributed by atoms with Crippen LogP contribution >= 0.6 is 0 Å². The molecule has 0 amide bonds. The van der Waals surface area contributed by atoms with E-state index in [-0.39, 0.29) is 0 Å². The summed E-state index contributed by atoms with van der Waals surface area (Å²) in [5.41, 5.74) is 1.45. The van der Waals surface area contributed by atoms with Gasteiger partial charge in [0.25, 0.3) is 0 Å². The Balaban J connectivity index is 1.49. The maximum atomic E-state index is 3.58. The molecule has 1 N–H and O–H groups in total. The minimum atomic E-state index is 0.826. The molecule has 18 heavy (non-hydrogen) atoms. The zero-order valence-corrected chi connectivity index (χ0v) is 11.6. The van der Waals surface area contributed by atoms with Crippen LogP contribution in [0.4, 0.5) is 0 Å². The van der Waals surface area contributed by atoms with Gasteiger partial charge < -0.3 is 10.2 Å². The quantitative estimate of drug-likeness (QED) is 0.744. The molecule has 0 aromatic heterocycles. The summed E-state index contributed by atoms with van der Waals surface area (Å²) in [6, 6.07) is 11.6. The van der Waals surface area contributed by atoms with E-state index in [1.807, 2.05) is 0 Å². The molecular formula is C16H26N2. The van der Waals surface area contributed by atoms with Gasteiger partial charge in [-0.1, -0.05) is 30.3 Å². The SMILES string of the molecule is CN1CCCC1CCNCCCc1ccccc1. The molecule has 2 heteroatoms. The summed E-state index contributed by atoms with van der Waals surface area (Å²) in [6.07, 6.45) is 6.51. The van der Waals surface area contributed by atoms with E-state index in [0.717, 1.165) is 12.6 Å². The molecule has 1 unspecified atom stereocenters. The van der Waals surface area contributed by atoms with Crippen LogP contribution in [0.3, 0.4) is 0 Å². The summed E-state index contributed by atoms with van der Waals surface area (Å²) in [5.74, 6) is 0. The van der Waals surface area contributed by atoms with Crippen LogP contribution in [0.15, 0.2) is 30.3 Å². The van der Waals surface area contributed by atoms with Crippen molar-refractivity contribution >= 4 is 0 Å². The highest BCUT2D eigenvalue weighted by molar-refractivity contribution is 5.14. The van der Waals surface area contributed by atoms with Gasteiger partial charge in [0.2, 0.25) is 0 Å². The van der Waals surface area contributed by atoms with E-state index < -0.39 is 0 Å². The predicted molar refractivity (Wildman–Crippen MR) is 77.9 cm³/mol. The fraction of sp³-hybridized carbons (Fsp3) is 0.625. The second-order valence-corrected chi connectivity index (χ2v) is 5.40. The Bertz CT molecular complexity index is 323. The molecule has 1 aliphatic heterocycles. The molecule has 0 saturated carbocycles. The Morgan fingerprint density at radius 1 is 1.22 bits per heavy atom. The molecule has 100 valence electrons. The highest BCUT2D eigenvalue weighted by atomic mass is 15.1. The van der Waals surface area contributed by atoms with Crippen molar-refractivity contribution < 1.29 is 0 Å². The molecule has 0 aliphatic carbocycles. The first-order chi connectivity index (χ1) is 8.86. The van der Waals surface area contributed by atoms with Gasteiger partial charge in [-0.3, -0.25) is 0 Å². The summed E-state index contributed by atoms with van der Waals surface area (Å²) >= 11 is 0. The van der Waals surface area contributed by atoms with Crippen molar-refractivity contribution in [3.05, 3.63) is 35.9 Å². The molecule has 1 fully saturated rings. The van der Waals surface area contributed by atoms with Gasteiger partial charge in [0.15, 0.2) is 0 Å². The lowest BCUT2D eigenvalue weighted by atomic mass is 10.1. The van der Waals surface area contributed by atoms with E-state index in [1.54, 1.807) is 0 Å². The molecule has 1 aromatic carbocycles. The number of aryl methyl sites for hydroxylation is 1. The molecular weight excluding hydrogens is 220 g/mol. The van der Waals surface area contributed by atoms with Crippen molar-refractivity contribution in [3.8, 4) is 0 Å². The highest BCUT2D eigenvalue weighted by Gasteiger charge is 2.19. The van der Waals surface area contributed by atoms with Gasteiger partial charge in [0, 0.05) is 6.04 Å². The number of benzene rings is 1. The van der Waals surface area contributed by atoms with Crippen LogP contribution in [0.1, 0.15) is 31.2 Å². The van der Waals surface area contributed by atoms with E-state index in [4.69, 9.17) is 0 Å². The third kappa shape index (κ3) is 4.43.